The molecule has 1 aliphatic heterocycles. The lowest BCUT2D eigenvalue weighted by molar-refractivity contribution is -0.0431. The molecule has 1 heterocycles. The summed E-state index contributed by atoms with van der Waals surface area (Å²) in [6.07, 6.45) is 0.973. The molecule has 0 radical (unpaired) electrons. The highest BCUT2D eigenvalue weighted by molar-refractivity contribution is 9.09. The number of nitrogens with zero attached hydrogens (tertiary/aromatic N) is 1. The third-order valence-electron chi connectivity index (χ3n) is 3.57. The number of likely N-dealkylation sites (tertiary alicyclic amines) is 1. The largest absolute Gasteiger partial charge is 0.296 e. The van der Waals surface area contributed by atoms with E-state index in [1.807, 2.05) is 4.90 Å². The molecule has 4 heteroatoms. The number of hydrogen-bond donors (Lipinski definition) is 0. The fourth-order valence-electron chi connectivity index (χ4n) is 2.28. The number of piperidine rings is 1. The number of hydrogen-bond acceptors (Lipinski definition) is 1. The Morgan fingerprint density at radius 1 is 1.33 bits per heavy atom. The van der Waals surface area contributed by atoms with Gasteiger partial charge in [-0.1, -0.05) is 53.2 Å². The van der Waals surface area contributed by atoms with Gasteiger partial charge in [0.15, 0.2) is 0 Å². The first kappa shape index (κ1) is 13.9. The Hall–Kier alpha value is -0.480. The Bertz CT molecular complexity index is 383. The molecule has 1 aliphatic rings. The highest BCUT2D eigenvalue weighted by atomic mass is 79.9. The van der Waals surface area contributed by atoms with E-state index in [4.69, 9.17) is 0 Å². The first-order valence-corrected chi connectivity index (χ1v) is 7.20. The molecule has 0 aromatic heterocycles. The summed E-state index contributed by atoms with van der Waals surface area (Å²) in [5, 5.41) is 0. The maximum absolute atomic E-state index is 14.1. The van der Waals surface area contributed by atoms with Crippen LogP contribution in [0.3, 0.4) is 0 Å². The van der Waals surface area contributed by atoms with Crippen LogP contribution in [0.5, 0.6) is 0 Å². The summed E-state index contributed by atoms with van der Waals surface area (Å²) in [7, 11) is 0. The number of halogens is 3. The van der Waals surface area contributed by atoms with Crippen LogP contribution in [-0.2, 0) is 5.92 Å². The third-order valence-corrected chi connectivity index (χ3v) is 4.76. The maximum atomic E-state index is 14.1. The van der Waals surface area contributed by atoms with Gasteiger partial charge in [-0.15, -0.1) is 0 Å². The second kappa shape index (κ2) is 5.66. The van der Waals surface area contributed by atoms with Crippen molar-refractivity contribution in [1.82, 2.24) is 4.90 Å². The van der Waals surface area contributed by atoms with Crippen molar-refractivity contribution in [2.75, 3.05) is 19.6 Å². The van der Waals surface area contributed by atoms with Crippen LogP contribution in [0.2, 0.25) is 0 Å². The smallest absolute Gasteiger partial charge is 0.285 e. The van der Waals surface area contributed by atoms with Gasteiger partial charge in [0.25, 0.3) is 5.92 Å². The average molecular weight is 318 g/mol. The van der Waals surface area contributed by atoms with E-state index in [1.165, 1.54) is 12.1 Å². The van der Waals surface area contributed by atoms with Crippen molar-refractivity contribution in [1.29, 1.82) is 0 Å². The van der Waals surface area contributed by atoms with Crippen LogP contribution >= 0.6 is 15.9 Å². The predicted molar refractivity (Wildman–Crippen MR) is 73.3 cm³/mol. The van der Waals surface area contributed by atoms with Crippen molar-refractivity contribution < 1.29 is 8.78 Å². The Kier molecular flexibility index (Phi) is 4.38. The SMILES string of the molecule is CC1CCN(CC(F)(F)c2ccccc2)CC1Br. The fraction of sp³-hybridized carbons (Fsp3) is 0.571. The monoisotopic (exact) mass is 317 g/mol. The van der Waals surface area contributed by atoms with Gasteiger partial charge < -0.3 is 0 Å². The molecule has 0 bridgehead atoms. The van der Waals surface area contributed by atoms with Gasteiger partial charge in [0.1, 0.15) is 0 Å². The van der Waals surface area contributed by atoms with E-state index in [2.05, 4.69) is 22.9 Å². The summed E-state index contributed by atoms with van der Waals surface area (Å²) in [6.45, 7) is 3.42. The summed E-state index contributed by atoms with van der Waals surface area (Å²) in [6, 6.07) is 8.08. The molecule has 2 atom stereocenters. The highest BCUT2D eigenvalue weighted by Crippen LogP contribution is 2.31. The van der Waals surface area contributed by atoms with E-state index in [-0.39, 0.29) is 12.1 Å². The van der Waals surface area contributed by atoms with Crippen LogP contribution in [-0.4, -0.2) is 29.4 Å². The van der Waals surface area contributed by atoms with Gasteiger partial charge in [0, 0.05) is 16.9 Å². The molecule has 1 aromatic rings. The van der Waals surface area contributed by atoms with E-state index < -0.39 is 5.92 Å². The van der Waals surface area contributed by atoms with Gasteiger partial charge >= 0.3 is 0 Å². The molecule has 1 saturated heterocycles. The van der Waals surface area contributed by atoms with E-state index >= 15 is 0 Å². The van der Waals surface area contributed by atoms with Crippen LogP contribution in [0.1, 0.15) is 18.9 Å². The first-order valence-electron chi connectivity index (χ1n) is 6.29. The lowest BCUT2D eigenvalue weighted by atomic mass is 9.98. The Balaban J connectivity index is 2.00. The third kappa shape index (κ3) is 3.29. The van der Waals surface area contributed by atoms with E-state index in [0.29, 0.717) is 17.3 Å². The number of rotatable bonds is 3. The Morgan fingerprint density at radius 3 is 2.61 bits per heavy atom. The van der Waals surface area contributed by atoms with E-state index in [0.717, 1.165) is 13.0 Å². The lowest BCUT2D eigenvalue weighted by Crippen LogP contribution is -2.44. The van der Waals surface area contributed by atoms with Gasteiger partial charge in [-0.25, -0.2) is 0 Å². The minimum atomic E-state index is -2.77. The molecule has 100 valence electrons. The van der Waals surface area contributed by atoms with Gasteiger partial charge in [0.05, 0.1) is 6.54 Å². The van der Waals surface area contributed by atoms with Crippen LogP contribution in [0.25, 0.3) is 0 Å². The van der Waals surface area contributed by atoms with Crippen LogP contribution in [0.15, 0.2) is 30.3 Å². The summed E-state index contributed by atoms with van der Waals surface area (Å²) in [4.78, 5) is 2.17. The molecular formula is C14H18BrF2N. The van der Waals surface area contributed by atoms with E-state index in [1.54, 1.807) is 18.2 Å². The van der Waals surface area contributed by atoms with Crippen LogP contribution < -0.4 is 0 Å². The first-order chi connectivity index (χ1) is 8.49. The second-order valence-corrected chi connectivity index (χ2v) is 6.26. The summed E-state index contributed by atoms with van der Waals surface area (Å²) < 4.78 is 28.2. The molecule has 18 heavy (non-hydrogen) atoms. The zero-order valence-corrected chi connectivity index (χ0v) is 12.0. The number of alkyl halides is 3. The molecule has 0 saturated carbocycles. The molecular weight excluding hydrogens is 300 g/mol. The predicted octanol–water partition coefficient (Wildman–Crippen LogP) is 3.88. The quantitative estimate of drug-likeness (QED) is 0.765. The molecule has 0 spiro atoms. The molecule has 1 aromatic carbocycles. The molecule has 1 fully saturated rings. The zero-order valence-electron chi connectivity index (χ0n) is 10.5. The molecule has 1 nitrogen and oxygen atoms in total. The van der Waals surface area contributed by atoms with E-state index in [9.17, 15) is 8.78 Å². The zero-order chi connectivity index (χ0) is 13.2. The summed E-state index contributed by atoms with van der Waals surface area (Å²) in [5.74, 6) is -2.21. The summed E-state index contributed by atoms with van der Waals surface area (Å²) in [5.41, 5.74) is 0.106. The molecule has 2 rings (SSSR count). The average Bonchev–Trinajstić information content (AvgIpc) is 2.35. The standard InChI is InChI=1S/C14H18BrF2N/c1-11-7-8-18(9-13(11)15)10-14(16,17)12-5-3-2-4-6-12/h2-6,11,13H,7-10H2,1H3. The number of benzene rings is 1. The molecule has 0 amide bonds. The second-order valence-electron chi connectivity index (χ2n) is 5.09. The molecule has 0 N–H and O–H groups in total. The van der Waals surface area contributed by atoms with Crippen molar-refractivity contribution in [3.8, 4) is 0 Å². The van der Waals surface area contributed by atoms with Gasteiger partial charge in [-0.3, -0.25) is 4.90 Å². The minimum absolute atomic E-state index is 0.106. The molecule has 2 unspecified atom stereocenters. The van der Waals surface area contributed by atoms with Crippen molar-refractivity contribution >= 4 is 15.9 Å². The van der Waals surface area contributed by atoms with Crippen LogP contribution in [0, 0.1) is 5.92 Å². The van der Waals surface area contributed by atoms with Crippen molar-refractivity contribution in [2.24, 2.45) is 5.92 Å². The lowest BCUT2D eigenvalue weighted by Gasteiger charge is -2.36. The minimum Gasteiger partial charge on any atom is -0.296 e. The summed E-state index contributed by atoms with van der Waals surface area (Å²) >= 11 is 3.57. The molecule has 0 aliphatic carbocycles. The van der Waals surface area contributed by atoms with Gasteiger partial charge in [-0.2, -0.15) is 8.78 Å². The van der Waals surface area contributed by atoms with Crippen molar-refractivity contribution in [3.63, 3.8) is 0 Å². The van der Waals surface area contributed by atoms with Crippen molar-refractivity contribution in [3.05, 3.63) is 35.9 Å². The topological polar surface area (TPSA) is 3.24 Å². The van der Waals surface area contributed by atoms with Crippen molar-refractivity contribution in [2.45, 2.75) is 24.1 Å². The van der Waals surface area contributed by atoms with Crippen LogP contribution in [0.4, 0.5) is 8.78 Å². The maximum Gasteiger partial charge on any atom is 0.285 e. The Labute approximate surface area is 115 Å². The normalized spacial score (nSPS) is 26.2. The Morgan fingerprint density at radius 2 is 2.00 bits per heavy atom. The van der Waals surface area contributed by atoms with Gasteiger partial charge in [0.2, 0.25) is 0 Å². The highest BCUT2D eigenvalue weighted by Gasteiger charge is 2.36. The fourth-order valence-corrected chi connectivity index (χ4v) is 2.96. The van der Waals surface area contributed by atoms with Gasteiger partial charge in [-0.05, 0) is 18.9 Å².